The van der Waals surface area contributed by atoms with Crippen LogP contribution in [0.15, 0.2) is 12.3 Å². The quantitative estimate of drug-likeness (QED) is 0.855. The number of rotatable bonds is 5. The number of piperidine rings is 1. The van der Waals surface area contributed by atoms with Gasteiger partial charge in [-0.3, -0.25) is 9.59 Å². The van der Waals surface area contributed by atoms with Gasteiger partial charge >= 0.3 is 0 Å². The fourth-order valence-electron chi connectivity index (χ4n) is 3.62. The molecule has 0 bridgehead atoms. The lowest BCUT2D eigenvalue weighted by Crippen LogP contribution is -2.40. The van der Waals surface area contributed by atoms with Gasteiger partial charge in [0.2, 0.25) is 11.8 Å². The first kappa shape index (κ1) is 18.2. The first-order valence-electron chi connectivity index (χ1n) is 9.56. The summed E-state index contributed by atoms with van der Waals surface area (Å²) >= 11 is 1.61. The van der Waals surface area contributed by atoms with Crippen molar-refractivity contribution in [2.75, 3.05) is 18.4 Å². The Labute approximate surface area is 162 Å². The van der Waals surface area contributed by atoms with Crippen LogP contribution in [0, 0.1) is 19.8 Å². The summed E-state index contributed by atoms with van der Waals surface area (Å²) in [6.45, 7) is 5.38. The lowest BCUT2D eigenvalue weighted by atomic mass is 10.0. The minimum atomic E-state index is 0.0968. The van der Waals surface area contributed by atoms with E-state index >= 15 is 0 Å². The number of aromatic nitrogens is 3. The number of thiazole rings is 1. The highest BCUT2D eigenvalue weighted by atomic mass is 32.1. The van der Waals surface area contributed by atoms with Gasteiger partial charge in [-0.05, 0) is 39.5 Å². The molecule has 1 saturated carbocycles. The summed E-state index contributed by atoms with van der Waals surface area (Å²) < 4.78 is 1.92. The number of hydrogen-bond donors (Lipinski definition) is 1. The lowest BCUT2D eigenvalue weighted by Gasteiger charge is -2.32. The number of nitrogens with zero attached hydrogens (tertiary/aromatic N) is 4. The van der Waals surface area contributed by atoms with Crippen molar-refractivity contribution in [1.82, 2.24) is 19.7 Å². The highest BCUT2D eigenvalue weighted by molar-refractivity contribution is 7.11. The lowest BCUT2D eigenvalue weighted by molar-refractivity contribution is -0.131. The molecule has 1 aliphatic carbocycles. The maximum absolute atomic E-state index is 12.6. The Morgan fingerprint density at radius 3 is 2.59 bits per heavy atom. The van der Waals surface area contributed by atoms with E-state index in [1.54, 1.807) is 17.5 Å². The van der Waals surface area contributed by atoms with Crippen LogP contribution in [0.5, 0.6) is 0 Å². The van der Waals surface area contributed by atoms with E-state index in [0.717, 1.165) is 60.2 Å². The molecular formula is C19H25N5O2S. The normalized spacial score (nSPS) is 17.9. The first-order valence-corrected chi connectivity index (χ1v) is 10.4. The van der Waals surface area contributed by atoms with E-state index in [9.17, 15) is 9.59 Å². The SMILES string of the molecule is Cc1nc(C)c(CC(=O)N2CCC(n3nccc3NC(=O)C3CC3)CC2)s1. The first-order chi connectivity index (χ1) is 13.0. The van der Waals surface area contributed by atoms with Crippen molar-refractivity contribution >= 4 is 29.0 Å². The Morgan fingerprint density at radius 2 is 1.96 bits per heavy atom. The topological polar surface area (TPSA) is 80.1 Å². The summed E-state index contributed by atoms with van der Waals surface area (Å²) in [5.41, 5.74) is 0.966. The average molecular weight is 388 g/mol. The van der Waals surface area contributed by atoms with Crippen LogP contribution in [0.3, 0.4) is 0 Å². The van der Waals surface area contributed by atoms with Crippen molar-refractivity contribution in [3.8, 4) is 0 Å². The summed E-state index contributed by atoms with van der Waals surface area (Å²) in [5, 5.41) is 8.42. The molecule has 4 rings (SSSR count). The highest BCUT2D eigenvalue weighted by Gasteiger charge is 2.31. The molecule has 0 unspecified atom stereocenters. The molecule has 8 heteroatoms. The summed E-state index contributed by atoms with van der Waals surface area (Å²) in [6.07, 6.45) is 5.83. The third-order valence-corrected chi connectivity index (χ3v) is 6.42. The van der Waals surface area contributed by atoms with Crippen molar-refractivity contribution in [2.24, 2.45) is 5.92 Å². The largest absolute Gasteiger partial charge is 0.342 e. The monoisotopic (exact) mass is 387 g/mol. The van der Waals surface area contributed by atoms with Gasteiger partial charge in [-0.1, -0.05) is 0 Å². The van der Waals surface area contributed by atoms with Gasteiger partial charge in [-0.2, -0.15) is 5.10 Å². The molecule has 27 heavy (non-hydrogen) atoms. The Hall–Kier alpha value is -2.22. The smallest absolute Gasteiger partial charge is 0.228 e. The maximum Gasteiger partial charge on any atom is 0.228 e. The van der Waals surface area contributed by atoms with Crippen LogP contribution in [-0.4, -0.2) is 44.6 Å². The molecule has 2 amide bonds. The number of hydrogen-bond acceptors (Lipinski definition) is 5. The van der Waals surface area contributed by atoms with Crippen LogP contribution in [0.25, 0.3) is 0 Å². The third kappa shape index (κ3) is 4.05. The minimum absolute atomic E-state index is 0.0968. The van der Waals surface area contributed by atoms with Crippen LogP contribution in [0.4, 0.5) is 5.82 Å². The van der Waals surface area contributed by atoms with Gasteiger partial charge in [0.05, 0.1) is 29.4 Å². The number of likely N-dealkylation sites (tertiary alicyclic amines) is 1. The summed E-state index contributed by atoms with van der Waals surface area (Å²) in [5.74, 6) is 1.21. The zero-order chi connectivity index (χ0) is 19.0. The number of carbonyl (C=O) groups is 2. The molecule has 144 valence electrons. The molecule has 1 saturated heterocycles. The van der Waals surface area contributed by atoms with Gasteiger partial charge in [0, 0.05) is 30.0 Å². The molecule has 2 aliphatic rings. The molecule has 0 atom stereocenters. The van der Waals surface area contributed by atoms with Gasteiger partial charge in [-0.25, -0.2) is 9.67 Å². The fraction of sp³-hybridized carbons (Fsp3) is 0.579. The second kappa shape index (κ2) is 7.42. The van der Waals surface area contributed by atoms with Gasteiger partial charge in [0.25, 0.3) is 0 Å². The number of anilines is 1. The van der Waals surface area contributed by atoms with Gasteiger partial charge in [0.1, 0.15) is 5.82 Å². The highest BCUT2D eigenvalue weighted by Crippen LogP contribution is 2.31. The molecule has 2 aromatic heterocycles. The van der Waals surface area contributed by atoms with E-state index in [2.05, 4.69) is 15.4 Å². The Bertz CT molecular complexity index is 846. The molecule has 1 N–H and O–H groups in total. The third-order valence-electron chi connectivity index (χ3n) is 5.34. The molecular weight excluding hydrogens is 362 g/mol. The number of nitrogens with one attached hydrogen (secondary N) is 1. The zero-order valence-electron chi connectivity index (χ0n) is 15.8. The number of carbonyl (C=O) groups excluding carboxylic acids is 2. The van der Waals surface area contributed by atoms with E-state index in [1.807, 2.05) is 29.5 Å². The van der Waals surface area contributed by atoms with E-state index in [1.165, 1.54) is 0 Å². The van der Waals surface area contributed by atoms with Crippen LogP contribution in [0.2, 0.25) is 0 Å². The van der Waals surface area contributed by atoms with Crippen molar-refractivity contribution in [3.05, 3.63) is 27.8 Å². The van der Waals surface area contributed by atoms with Crippen LogP contribution >= 0.6 is 11.3 Å². The second-order valence-electron chi connectivity index (χ2n) is 7.45. The Morgan fingerprint density at radius 1 is 1.22 bits per heavy atom. The molecule has 0 spiro atoms. The number of amides is 2. The molecule has 7 nitrogen and oxygen atoms in total. The predicted octanol–water partition coefficient (Wildman–Crippen LogP) is 2.71. The number of aryl methyl sites for hydroxylation is 2. The molecule has 0 aromatic carbocycles. The molecule has 2 aromatic rings. The van der Waals surface area contributed by atoms with Crippen molar-refractivity contribution in [2.45, 2.75) is 52.0 Å². The van der Waals surface area contributed by atoms with Crippen molar-refractivity contribution in [3.63, 3.8) is 0 Å². The second-order valence-corrected chi connectivity index (χ2v) is 8.74. The molecule has 0 radical (unpaired) electrons. The van der Waals surface area contributed by atoms with Crippen molar-refractivity contribution in [1.29, 1.82) is 0 Å². The van der Waals surface area contributed by atoms with Gasteiger partial charge in [-0.15, -0.1) is 11.3 Å². The summed E-state index contributed by atoms with van der Waals surface area (Å²) in [6, 6.07) is 2.07. The summed E-state index contributed by atoms with van der Waals surface area (Å²) in [4.78, 5) is 32.1. The van der Waals surface area contributed by atoms with Crippen LogP contribution in [-0.2, 0) is 16.0 Å². The van der Waals surface area contributed by atoms with E-state index in [0.29, 0.717) is 6.42 Å². The fourth-order valence-corrected chi connectivity index (χ4v) is 4.55. The zero-order valence-corrected chi connectivity index (χ0v) is 16.6. The summed E-state index contributed by atoms with van der Waals surface area (Å²) in [7, 11) is 0. The van der Waals surface area contributed by atoms with E-state index < -0.39 is 0 Å². The average Bonchev–Trinajstić information content (AvgIpc) is 3.33. The molecule has 1 aliphatic heterocycles. The van der Waals surface area contributed by atoms with E-state index in [-0.39, 0.29) is 23.8 Å². The Balaban J connectivity index is 1.34. The van der Waals surface area contributed by atoms with Crippen LogP contribution in [0.1, 0.15) is 47.3 Å². The van der Waals surface area contributed by atoms with Crippen molar-refractivity contribution < 1.29 is 9.59 Å². The van der Waals surface area contributed by atoms with Gasteiger partial charge in [0.15, 0.2) is 0 Å². The predicted molar refractivity (Wildman–Crippen MR) is 104 cm³/mol. The molecule has 3 heterocycles. The van der Waals surface area contributed by atoms with E-state index in [4.69, 9.17) is 0 Å². The van der Waals surface area contributed by atoms with Crippen LogP contribution < -0.4 is 5.32 Å². The Kier molecular flexibility index (Phi) is 4.99. The standard InChI is InChI=1S/C19H25N5O2S/c1-12-16(27-13(2)21-12)11-18(25)23-9-6-15(7-10-23)24-17(5-8-20-24)22-19(26)14-3-4-14/h5,8,14-15H,3-4,6-7,9-11H2,1-2H3,(H,22,26). The van der Waals surface area contributed by atoms with Gasteiger partial charge < -0.3 is 10.2 Å². The minimum Gasteiger partial charge on any atom is -0.342 e. The molecule has 2 fully saturated rings. The maximum atomic E-state index is 12.6.